The molecule has 24 heavy (non-hydrogen) atoms. The number of halogens is 1. The number of aromatic hydroxyl groups is 1. The highest BCUT2D eigenvalue weighted by molar-refractivity contribution is 14.0. The molecule has 0 aromatic heterocycles. The van der Waals surface area contributed by atoms with Crippen molar-refractivity contribution in [2.75, 3.05) is 19.7 Å². The van der Waals surface area contributed by atoms with Gasteiger partial charge in [0, 0.05) is 6.54 Å². The van der Waals surface area contributed by atoms with Crippen molar-refractivity contribution in [2.45, 2.75) is 13.5 Å². The topological polar surface area (TPSA) is 65.9 Å². The third-order valence-corrected chi connectivity index (χ3v) is 3.08. The van der Waals surface area contributed by atoms with E-state index in [9.17, 15) is 5.11 Å². The first-order chi connectivity index (χ1) is 11.3. The molecule has 0 spiro atoms. The van der Waals surface area contributed by atoms with Crippen molar-refractivity contribution in [3.8, 4) is 11.5 Å². The SMILES string of the molecule is CCNC(=NCc1cccc(O)c1)NCCOc1ccccc1.I. The van der Waals surface area contributed by atoms with E-state index in [0.717, 1.165) is 23.8 Å². The fourth-order valence-corrected chi connectivity index (χ4v) is 2.02. The summed E-state index contributed by atoms with van der Waals surface area (Å²) in [6, 6.07) is 16.8. The summed E-state index contributed by atoms with van der Waals surface area (Å²) in [5.74, 6) is 1.84. The Bertz CT molecular complexity index is 621. The van der Waals surface area contributed by atoms with Gasteiger partial charge in [0.15, 0.2) is 5.96 Å². The number of ether oxygens (including phenoxy) is 1. The highest BCUT2D eigenvalue weighted by Crippen LogP contribution is 2.11. The molecule has 2 aromatic carbocycles. The van der Waals surface area contributed by atoms with Gasteiger partial charge in [-0.05, 0) is 36.8 Å². The Morgan fingerprint density at radius 1 is 1.08 bits per heavy atom. The minimum Gasteiger partial charge on any atom is -0.508 e. The van der Waals surface area contributed by atoms with Gasteiger partial charge >= 0.3 is 0 Å². The number of aliphatic imine (C=N–C) groups is 1. The number of phenolic OH excluding ortho intramolecular Hbond substituents is 1. The van der Waals surface area contributed by atoms with Crippen LogP contribution in [0.3, 0.4) is 0 Å². The predicted molar refractivity (Wildman–Crippen MR) is 108 cm³/mol. The lowest BCUT2D eigenvalue weighted by atomic mass is 10.2. The zero-order chi connectivity index (χ0) is 16.3. The lowest BCUT2D eigenvalue weighted by Crippen LogP contribution is -2.39. The minimum absolute atomic E-state index is 0. The van der Waals surface area contributed by atoms with Gasteiger partial charge in [0.2, 0.25) is 0 Å². The highest BCUT2D eigenvalue weighted by Gasteiger charge is 1.99. The van der Waals surface area contributed by atoms with Crippen LogP contribution in [0.2, 0.25) is 0 Å². The van der Waals surface area contributed by atoms with Crippen LogP contribution in [0.25, 0.3) is 0 Å². The van der Waals surface area contributed by atoms with Crippen molar-refractivity contribution in [3.05, 3.63) is 60.2 Å². The largest absolute Gasteiger partial charge is 0.508 e. The Hall–Kier alpha value is -1.96. The van der Waals surface area contributed by atoms with Crippen LogP contribution in [-0.2, 0) is 6.54 Å². The molecule has 0 heterocycles. The average molecular weight is 441 g/mol. The molecule has 0 amide bonds. The van der Waals surface area contributed by atoms with Gasteiger partial charge in [0.05, 0.1) is 13.1 Å². The third-order valence-electron chi connectivity index (χ3n) is 3.08. The van der Waals surface area contributed by atoms with Gasteiger partial charge in [0.25, 0.3) is 0 Å². The van der Waals surface area contributed by atoms with E-state index in [-0.39, 0.29) is 29.7 Å². The van der Waals surface area contributed by atoms with Crippen molar-refractivity contribution in [2.24, 2.45) is 4.99 Å². The van der Waals surface area contributed by atoms with E-state index in [1.165, 1.54) is 0 Å². The number of nitrogens with one attached hydrogen (secondary N) is 2. The molecule has 5 nitrogen and oxygen atoms in total. The van der Waals surface area contributed by atoms with Crippen LogP contribution in [0.1, 0.15) is 12.5 Å². The van der Waals surface area contributed by atoms with Crippen molar-refractivity contribution >= 4 is 29.9 Å². The molecular formula is C18H24IN3O2. The molecule has 3 N–H and O–H groups in total. The Morgan fingerprint density at radius 3 is 2.58 bits per heavy atom. The second-order valence-electron chi connectivity index (χ2n) is 4.95. The zero-order valence-electron chi connectivity index (χ0n) is 13.7. The first-order valence-corrected chi connectivity index (χ1v) is 7.76. The van der Waals surface area contributed by atoms with Crippen LogP contribution in [0.4, 0.5) is 0 Å². The molecule has 0 bridgehead atoms. The van der Waals surface area contributed by atoms with Gasteiger partial charge in [-0.3, -0.25) is 0 Å². The summed E-state index contributed by atoms with van der Waals surface area (Å²) in [6.45, 7) is 4.52. The number of nitrogens with zero attached hydrogens (tertiary/aromatic N) is 1. The summed E-state index contributed by atoms with van der Waals surface area (Å²) in [4.78, 5) is 4.50. The second-order valence-corrected chi connectivity index (χ2v) is 4.95. The van der Waals surface area contributed by atoms with Crippen LogP contribution < -0.4 is 15.4 Å². The van der Waals surface area contributed by atoms with Crippen LogP contribution >= 0.6 is 24.0 Å². The van der Waals surface area contributed by atoms with E-state index in [1.54, 1.807) is 12.1 Å². The van der Waals surface area contributed by atoms with Gasteiger partial charge < -0.3 is 20.5 Å². The summed E-state index contributed by atoms with van der Waals surface area (Å²) in [5, 5.41) is 15.9. The molecule has 0 radical (unpaired) electrons. The first kappa shape index (κ1) is 20.1. The van der Waals surface area contributed by atoms with E-state index >= 15 is 0 Å². The Kier molecular flexibility index (Phi) is 9.67. The van der Waals surface area contributed by atoms with Gasteiger partial charge in [-0.1, -0.05) is 30.3 Å². The maximum atomic E-state index is 9.47. The molecule has 0 aliphatic heterocycles. The van der Waals surface area contributed by atoms with Crippen molar-refractivity contribution in [1.29, 1.82) is 0 Å². The molecule has 0 aliphatic rings. The number of para-hydroxylation sites is 1. The number of rotatable bonds is 7. The molecule has 0 saturated carbocycles. The lowest BCUT2D eigenvalue weighted by Gasteiger charge is -2.12. The van der Waals surface area contributed by atoms with E-state index in [1.807, 2.05) is 49.4 Å². The first-order valence-electron chi connectivity index (χ1n) is 7.76. The number of guanidine groups is 1. The van der Waals surface area contributed by atoms with Crippen LogP contribution in [0.15, 0.2) is 59.6 Å². The normalized spacial score (nSPS) is 10.6. The highest BCUT2D eigenvalue weighted by atomic mass is 127. The van der Waals surface area contributed by atoms with Crippen LogP contribution in [0.5, 0.6) is 11.5 Å². The van der Waals surface area contributed by atoms with E-state index in [0.29, 0.717) is 19.7 Å². The summed E-state index contributed by atoms with van der Waals surface area (Å²) < 4.78 is 5.63. The predicted octanol–water partition coefficient (Wildman–Crippen LogP) is 3.14. The number of phenols is 1. The minimum atomic E-state index is 0. The summed E-state index contributed by atoms with van der Waals surface area (Å²) in [7, 11) is 0. The molecular weight excluding hydrogens is 417 g/mol. The standard InChI is InChI=1S/C18H23N3O2.HI/c1-2-19-18(21-14-15-7-6-8-16(22)13-15)20-11-12-23-17-9-4-3-5-10-17;/h3-10,13,22H,2,11-12,14H2,1H3,(H2,19,20,21);1H. The Morgan fingerprint density at radius 2 is 1.88 bits per heavy atom. The third kappa shape index (κ3) is 7.54. The summed E-state index contributed by atoms with van der Waals surface area (Å²) in [5.41, 5.74) is 0.961. The Balaban J connectivity index is 0.00000288. The van der Waals surface area contributed by atoms with Crippen LogP contribution in [0, 0.1) is 0 Å². The maximum absolute atomic E-state index is 9.47. The van der Waals surface area contributed by atoms with E-state index in [4.69, 9.17) is 4.74 Å². The average Bonchev–Trinajstić information content (AvgIpc) is 2.57. The summed E-state index contributed by atoms with van der Waals surface area (Å²) in [6.07, 6.45) is 0. The van der Waals surface area contributed by atoms with Gasteiger partial charge in [-0.15, -0.1) is 24.0 Å². The van der Waals surface area contributed by atoms with Crippen LogP contribution in [-0.4, -0.2) is 30.8 Å². The van der Waals surface area contributed by atoms with Gasteiger partial charge in [0.1, 0.15) is 18.1 Å². The lowest BCUT2D eigenvalue weighted by molar-refractivity contribution is 0.322. The monoisotopic (exact) mass is 441 g/mol. The van der Waals surface area contributed by atoms with Crippen molar-refractivity contribution < 1.29 is 9.84 Å². The molecule has 0 atom stereocenters. The molecule has 0 fully saturated rings. The number of hydrogen-bond donors (Lipinski definition) is 3. The molecule has 2 aromatic rings. The quantitative estimate of drug-likeness (QED) is 0.267. The molecule has 0 saturated heterocycles. The number of benzene rings is 2. The molecule has 0 aliphatic carbocycles. The fourth-order valence-electron chi connectivity index (χ4n) is 2.02. The van der Waals surface area contributed by atoms with Gasteiger partial charge in [-0.2, -0.15) is 0 Å². The fraction of sp³-hybridized carbons (Fsp3) is 0.278. The molecule has 2 rings (SSSR count). The molecule has 6 heteroatoms. The smallest absolute Gasteiger partial charge is 0.191 e. The molecule has 130 valence electrons. The summed E-state index contributed by atoms with van der Waals surface area (Å²) >= 11 is 0. The second kappa shape index (κ2) is 11.6. The van der Waals surface area contributed by atoms with Crippen molar-refractivity contribution in [3.63, 3.8) is 0 Å². The number of hydrogen-bond acceptors (Lipinski definition) is 3. The van der Waals surface area contributed by atoms with Crippen molar-refractivity contribution in [1.82, 2.24) is 10.6 Å². The molecule has 0 unspecified atom stereocenters. The Labute approximate surface area is 160 Å². The van der Waals surface area contributed by atoms with Gasteiger partial charge in [-0.25, -0.2) is 4.99 Å². The zero-order valence-corrected chi connectivity index (χ0v) is 16.1. The van der Waals surface area contributed by atoms with E-state index in [2.05, 4.69) is 15.6 Å². The van der Waals surface area contributed by atoms with E-state index < -0.39 is 0 Å². The maximum Gasteiger partial charge on any atom is 0.191 e.